The van der Waals surface area contributed by atoms with Gasteiger partial charge in [-0.25, -0.2) is 19.0 Å². The van der Waals surface area contributed by atoms with E-state index in [1.807, 2.05) is 184 Å². The van der Waals surface area contributed by atoms with Crippen molar-refractivity contribution in [1.29, 1.82) is 5.26 Å². The quantitative estimate of drug-likeness (QED) is 0.114. The van der Waals surface area contributed by atoms with Crippen LogP contribution in [0, 0.1) is 69.6 Å². The van der Waals surface area contributed by atoms with E-state index >= 15 is 0 Å². The van der Waals surface area contributed by atoms with Gasteiger partial charge in [0.05, 0.1) is 47.7 Å². The topological polar surface area (TPSA) is 150 Å². The number of rotatable bonds is 11. The monoisotopic (exact) mass is 1740 g/mol. The van der Waals surface area contributed by atoms with Gasteiger partial charge in [0.1, 0.15) is 23.0 Å². The van der Waals surface area contributed by atoms with Crippen LogP contribution in [-0.2, 0) is 40.2 Å². The molecule has 1 atom stereocenters. The molecule has 18 rings (SSSR count). The van der Waals surface area contributed by atoms with E-state index in [1.165, 1.54) is 0 Å². The molecular formula is C90H63Ir2N15. The maximum atomic E-state index is 9.33. The predicted molar refractivity (Wildman–Crippen MR) is 418 cm³/mol. The van der Waals surface area contributed by atoms with Gasteiger partial charge < -0.3 is 25.2 Å². The van der Waals surface area contributed by atoms with Crippen LogP contribution in [0.1, 0.15) is 34.2 Å². The van der Waals surface area contributed by atoms with Crippen LogP contribution < -0.4 is 14.7 Å². The van der Waals surface area contributed by atoms with E-state index in [2.05, 4.69) is 193 Å². The second-order valence-electron chi connectivity index (χ2n) is 24.5. The van der Waals surface area contributed by atoms with E-state index in [4.69, 9.17) is 26.6 Å². The summed E-state index contributed by atoms with van der Waals surface area (Å²) in [7, 11) is 0. The summed E-state index contributed by atoms with van der Waals surface area (Å²) >= 11 is 0. The first-order valence-electron chi connectivity index (χ1n) is 34.0. The molecule has 0 radical (unpaired) electrons. The summed E-state index contributed by atoms with van der Waals surface area (Å²) < 4.78 is 3.60. The average Bonchev–Trinajstić information content (AvgIpc) is 1.77. The van der Waals surface area contributed by atoms with Crippen LogP contribution in [0.4, 0.5) is 34.4 Å². The van der Waals surface area contributed by atoms with Crippen molar-refractivity contribution in [1.82, 2.24) is 39.2 Å². The molecule has 1 unspecified atom stereocenters. The molecule has 17 heteroatoms. The third kappa shape index (κ3) is 15.7. The fourth-order valence-corrected chi connectivity index (χ4v) is 12.6. The Bertz CT molecular complexity index is 5650. The minimum atomic E-state index is -0.388. The smallest absolute Gasteiger partial charge is 0.579 e. The van der Waals surface area contributed by atoms with Crippen LogP contribution in [-0.4, -0.2) is 45.5 Å². The maximum Gasteiger partial charge on any atom is 3.00 e. The first kappa shape index (κ1) is 72.3. The van der Waals surface area contributed by atoms with Gasteiger partial charge in [0.25, 0.3) is 0 Å². The molecule has 7 heterocycles. The van der Waals surface area contributed by atoms with Gasteiger partial charge in [-0.05, 0) is 96.2 Å². The van der Waals surface area contributed by atoms with Gasteiger partial charge in [0.2, 0.25) is 0 Å². The largest absolute Gasteiger partial charge is 3.00 e. The van der Waals surface area contributed by atoms with Crippen LogP contribution in [0.25, 0.3) is 100.0 Å². The fourth-order valence-electron chi connectivity index (χ4n) is 12.6. The molecule has 0 N–H and O–H groups in total. The van der Waals surface area contributed by atoms with Crippen LogP contribution in [0.15, 0.2) is 315 Å². The molecule has 0 spiro atoms. The SMILES string of the molecule is Cc1cccn2nc(-c3[c-]cccc3)nc12.Cc1nc2c(nc1C)N(c1ccccc1)[CH-]N2c1[c-]cccc1.N#Cc1cc[c-]c(C2[N-]N=CN2c2c(-c3ccccc3)cccc2-c2ccccc2)c1.[C-]#[N+]c1cc[c-]c(-c2nc3c(-c4c(-c5ccccc5)cccc4-c4ccccc4)cccn3n2)c1.[Ir+3].[Ir+3]. The Labute approximate surface area is 648 Å². The van der Waals surface area contributed by atoms with Crippen molar-refractivity contribution in [2.24, 2.45) is 5.10 Å². The van der Waals surface area contributed by atoms with Crippen molar-refractivity contribution in [3.8, 4) is 84.5 Å². The number of benzene rings is 11. The van der Waals surface area contributed by atoms with E-state index in [0.29, 0.717) is 22.6 Å². The van der Waals surface area contributed by atoms with Crippen LogP contribution in [0.2, 0.25) is 0 Å². The van der Waals surface area contributed by atoms with Gasteiger partial charge in [-0.3, -0.25) is 14.8 Å². The Balaban J connectivity index is 0.000000129. The molecule has 0 saturated heterocycles. The predicted octanol–water partition coefficient (Wildman–Crippen LogP) is 21.1. The molecule has 0 amide bonds. The van der Waals surface area contributed by atoms with Crippen molar-refractivity contribution < 1.29 is 40.2 Å². The summed E-state index contributed by atoms with van der Waals surface area (Å²) in [4.78, 5) is 28.6. The molecule has 11 aromatic carbocycles. The molecule has 0 saturated carbocycles. The Hall–Kier alpha value is -13.1. The second kappa shape index (κ2) is 33.6. The number of hydrogen-bond donors (Lipinski definition) is 0. The molecule has 5 aromatic heterocycles. The Morgan fingerprint density at radius 1 is 0.467 bits per heavy atom. The molecule has 2 aliphatic heterocycles. The van der Waals surface area contributed by atoms with Crippen molar-refractivity contribution in [2.45, 2.75) is 26.9 Å². The first-order chi connectivity index (χ1) is 51.7. The normalized spacial score (nSPS) is 12.3. The van der Waals surface area contributed by atoms with E-state index in [9.17, 15) is 5.26 Å². The van der Waals surface area contributed by atoms with Gasteiger partial charge in [0.15, 0.2) is 5.65 Å². The molecule has 0 aliphatic carbocycles. The number of nitrogens with zero attached hydrogens (tertiary/aromatic N) is 15. The second-order valence-corrected chi connectivity index (χ2v) is 24.5. The number of pyridine rings is 2. The zero-order valence-corrected chi connectivity index (χ0v) is 62.8. The van der Waals surface area contributed by atoms with Crippen LogP contribution in [0.3, 0.4) is 0 Å². The molecule has 16 aromatic rings. The number of hydrogen-bond acceptors (Lipinski definition) is 11. The number of para-hydroxylation sites is 3. The molecule has 516 valence electrons. The Morgan fingerprint density at radius 3 is 1.54 bits per heavy atom. The summed E-state index contributed by atoms with van der Waals surface area (Å²) in [6.45, 7) is 15.4. The Morgan fingerprint density at radius 2 is 0.972 bits per heavy atom. The molecule has 15 nitrogen and oxygen atoms in total. The molecule has 2 aliphatic rings. The summed E-state index contributed by atoms with van der Waals surface area (Å²) in [5.74, 6) is 2.94. The van der Waals surface area contributed by atoms with Gasteiger partial charge in [-0.15, -0.1) is 78.1 Å². The third-order valence-electron chi connectivity index (χ3n) is 17.8. The number of nitriles is 1. The average molecular weight is 1740 g/mol. The molecule has 107 heavy (non-hydrogen) atoms. The van der Waals surface area contributed by atoms with Crippen LogP contribution >= 0.6 is 0 Å². The zero-order valence-electron chi connectivity index (χ0n) is 58.1. The van der Waals surface area contributed by atoms with Gasteiger partial charge in [-0.2, -0.15) is 75.6 Å². The first-order valence-corrected chi connectivity index (χ1v) is 34.0. The van der Waals surface area contributed by atoms with Crippen molar-refractivity contribution in [3.05, 3.63) is 386 Å². The summed E-state index contributed by atoms with van der Waals surface area (Å²) in [6, 6.07) is 114. The van der Waals surface area contributed by atoms with E-state index < -0.39 is 0 Å². The van der Waals surface area contributed by atoms with Gasteiger partial charge in [-0.1, -0.05) is 188 Å². The van der Waals surface area contributed by atoms with Crippen molar-refractivity contribution >= 4 is 52.0 Å². The fraction of sp³-hybridized carbons (Fsp3) is 0.0444. The van der Waals surface area contributed by atoms with E-state index in [0.717, 1.165) is 130 Å². The number of aromatic nitrogens is 8. The molecular weight excluding hydrogens is 1680 g/mol. The summed E-state index contributed by atoms with van der Waals surface area (Å²) in [6.07, 6.45) is 5.18. The standard InChI is InChI=1S/C31H19N4.C27H18N4.C19H16N4.C13H10N3.2Ir/c1-32-25-16-8-15-24(21-25)30-33-31-28(19-10-20-35(31)34-30)29-26(22-11-4-2-5-12-22)17-9-18-27(29)23-13-6-3-7-14-23;28-18-20-9-7-14-23(17-20)27-30-29-19-31(27)26-24(21-10-3-1-4-11-21)15-8-16-25(26)22-12-5-2-6-13-22;1-14-15(2)21-19-18(20-14)22(16-9-5-3-6-10-16)13-23(19)17-11-7-4-8-12-17;1-10-6-5-9-16-13(10)14-12(15-16)11-7-3-2-4-8-11;;/h2-14,16-21H;1-13,15-17,19,27H;3-11,13H,1-2H3;2-7,9H,1H3;;/q-1;2*-2;-1;2*+3. The van der Waals surface area contributed by atoms with E-state index in [1.54, 1.807) is 45.7 Å². The van der Waals surface area contributed by atoms with Crippen LogP contribution in [0.5, 0.6) is 0 Å². The minimum absolute atomic E-state index is 0. The van der Waals surface area contributed by atoms with Crippen molar-refractivity contribution in [2.75, 3.05) is 14.7 Å². The van der Waals surface area contributed by atoms with Gasteiger partial charge in [0, 0.05) is 40.3 Å². The minimum Gasteiger partial charge on any atom is -0.579 e. The van der Waals surface area contributed by atoms with E-state index in [-0.39, 0.29) is 46.4 Å². The summed E-state index contributed by atoms with van der Waals surface area (Å²) in [5, 5.41) is 22.7. The summed E-state index contributed by atoms with van der Waals surface area (Å²) in [5.41, 5.74) is 26.7. The zero-order chi connectivity index (χ0) is 71.4. The molecule has 0 bridgehead atoms. The third-order valence-corrected chi connectivity index (χ3v) is 17.8. The maximum absolute atomic E-state index is 9.33. The van der Waals surface area contributed by atoms with Gasteiger partial charge >= 0.3 is 40.2 Å². The molecule has 0 fully saturated rings. The Kier molecular flexibility index (Phi) is 22.7. The number of fused-ring (bicyclic) bond motifs is 3. The van der Waals surface area contributed by atoms with Crippen molar-refractivity contribution in [3.63, 3.8) is 0 Å². The number of anilines is 5. The number of aryl methyl sites for hydroxylation is 3.